The Morgan fingerprint density at radius 1 is 1.14 bits per heavy atom. The molecule has 0 aromatic carbocycles. The van der Waals surface area contributed by atoms with E-state index >= 15 is 0 Å². The van der Waals surface area contributed by atoms with Crippen molar-refractivity contribution in [2.24, 2.45) is 0 Å². The van der Waals surface area contributed by atoms with E-state index in [2.05, 4.69) is 32.7 Å². The van der Waals surface area contributed by atoms with Gasteiger partial charge in [0.05, 0.1) is 21.2 Å². The average Bonchev–Trinajstić information content (AvgIpc) is 3.30. The first kappa shape index (κ1) is 19.1. The van der Waals surface area contributed by atoms with Crippen molar-refractivity contribution in [2.75, 3.05) is 12.0 Å². The molecule has 0 aliphatic rings. The first-order chi connectivity index (χ1) is 13.4. The van der Waals surface area contributed by atoms with Crippen LogP contribution >= 0.6 is 11.8 Å². The maximum Gasteiger partial charge on any atom is 0.141 e. The van der Waals surface area contributed by atoms with Gasteiger partial charge in [-0.05, 0) is 50.6 Å². The van der Waals surface area contributed by atoms with Crippen LogP contribution in [0.5, 0.6) is 0 Å². The molecule has 28 heavy (non-hydrogen) atoms. The van der Waals surface area contributed by atoms with Crippen molar-refractivity contribution in [1.82, 2.24) is 24.0 Å². The molecule has 6 nitrogen and oxygen atoms in total. The molecule has 4 heterocycles. The maximum absolute atomic E-state index is 13.1. The summed E-state index contributed by atoms with van der Waals surface area (Å²) in [6, 6.07) is 1.95. The van der Waals surface area contributed by atoms with Crippen LogP contribution in [0.25, 0.3) is 22.6 Å². The predicted molar refractivity (Wildman–Crippen MR) is 115 cm³/mol. The molecule has 0 aliphatic heterocycles. The maximum atomic E-state index is 13.1. The van der Waals surface area contributed by atoms with Crippen molar-refractivity contribution in [2.45, 2.75) is 44.5 Å². The van der Waals surface area contributed by atoms with Crippen LogP contribution in [0.3, 0.4) is 0 Å². The van der Waals surface area contributed by atoms with Crippen LogP contribution in [0.1, 0.15) is 29.3 Å². The Labute approximate surface area is 170 Å². The molecule has 8 heteroatoms. The summed E-state index contributed by atoms with van der Waals surface area (Å²) in [5.74, 6) is 0.533. The first-order valence-electron chi connectivity index (χ1n) is 9.13. The lowest BCUT2D eigenvalue weighted by atomic mass is 10.0. The van der Waals surface area contributed by atoms with Crippen LogP contribution in [-0.4, -0.2) is 40.2 Å². The Kier molecular flexibility index (Phi) is 4.79. The van der Waals surface area contributed by atoms with Gasteiger partial charge >= 0.3 is 0 Å². The Hall–Kier alpha value is -2.19. The summed E-state index contributed by atoms with van der Waals surface area (Å²) < 4.78 is 16.9. The van der Waals surface area contributed by atoms with Gasteiger partial charge in [0.1, 0.15) is 28.4 Å². The number of thioether (sulfide) groups is 1. The molecule has 0 amide bonds. The highest BCUT2D eigenvalue weighted by Gasteiger charge is 2.25. The SMILES string of the molecule is CCS(=O)c1c(-c2cn3cnc(SC)cc3n2)nn2c(C)c(C)c(C)c(C)c12. The lowest BCUT2D eigenvalue weighted by Gasteiger charge is -2.12. The molecule has 146 valence electrons. The molecule has 0 saturated carbocycles. The minimum atomic E-state index is -1.16. The minimum absolute atomic E-state index is 0.533. The molecule has 1 unspecified atom stereocenters. The van der Waals surface area contributed by atoms with Crippen LogP contribution in [-0.2, 0) is 10.8 Å². The normalized spacial score (nSPS) is 12.9. The highest BCUT2D eigenvalue weighted by atomic mass is 32.2. The standard InChI is InChI=1S/C20H23N5OS2/c1-7-28(26)20-18(15-9-24-10-21-17(27-6)8-16(24)22-15)23-25-14(5)12(3)11(2)13(4)19(20)25/h8-10H,7H2,1-6H3. The number of imidazole rings is 1. The van der Waals surface area contributed by atoms with E-state index in [9.17, 15) is 4.21 Å². The van der Waals surface area contributed by atoms with Crippen molar-refractivity contribution < 1.29 is 4.21 Å². The fourth-order valence-electron chi connectivity index (χ4n) is 3.49. The van der Waals surface area contributed by atoms with Crippen LogP contribution in [0.2, 0.25) is 0 Å². The molecule has 1 atom stereocenters. The second kappa shape index (κ2) is 7.00. The topological polar surface area (TPSA) is 64.6 Å². The van der Waals surface area contributed by atoms with E-state index in [0.717, 1.165) is 38.0 Å². The predicted octanol–water partition coefficient (Wildman–Crippen LogP) is 4.13. The van der Waals surface area contributed by atoms with E-state index < -0.39 is 10.8 Å². The smallest absolute Gasteiger partial charge is 0.141 e. The van der Waals surface area contributed by atoms with Gasteiger partial charge in [-0.2, -0.15) is 5.10 Å². The van der Waals surface area contributed by atoms with Gasteiger partial charge in [-0.15, -0.1) is 11.8 Å². The van der Waals surface area contributed by atoms with Gasteiger partial charge in [-0.1, -0.05) is 6.92 Å². The molecule has 4 aromatic heterocycles. The molecule has 0 bridgehead atoms. The summed E-state index contributed by atoms with van der Waals surface area (Å²) in [5, 5.41) is 5.79. The molecule has 0 radical (unpaired) electrons. The Morgan fingerprint density at radius 2 is 1.89 bits per heavy atom. The summed E-state index contributed by atoms with van der Waals surface area (Å²) in [6.45, 7) is 10.3. The van der Waals surface area contributed by atoms with Gasteiger partial charge in [-0.3, -0.25) is 8.61 Å². The number of fused-ring (bicyclic) bond motifs is 2. The third-order valence-electron chi connectivity index (χ3n) is 5.45. The number of hydrogen-bond donors (Lipinski definition) is 0. The van der Waals surface area contributed by atoms with E-state index in [1.54, 1.807) is 18.1 Å². The Morgan fingerprint density at radius 3 is 2.57 bits per heavy atom. The van der Waals surface area contributed by atoms with Gasteiger partial charge in [0.15, 0.2) is 0 Å². The van der Waals surface area contributed by atoms with Crippen LogP contribution < -0.4 is 0 Å². The number of hydrogen-bond acceptors (Lipinski definition) is 5. The number of aromatic nitrogens is 5. The number of rotatable bonds is 4. The largest absolute Gasteiger partial charge is 0.290 e. The molecular weight excluding hydrogens is 390 g/mol. The van der Waals surface area contributed by atoms with Gasteiger partial charge in [0, 0.05) is 23.7 Å². The molecule has 0 spiro atoms. The quantitative estimate of drug-likeness (QED) is 0.372. The second-order valence-corrected chi connectivity index (χ2v) is 9.36. The lowest BCUT2D eigenvalue weighted by molar-refractivity contribution is 0.684. The number of nitrogens with zero attached hydrogens (tertiary/aromatic N) is 5. The van der Waals surface area contributed by atoms with Crippen LogP contribution in [0.4, 0.5) is 0 Å². The van der Waals surface area contributed by atoms with E-state index in [1.165, 1.54) is 11.1 Å². The summed E-state index contributed by atoms with van der Waals surface area (Å²) >= 11 is 1.58. The first-order valence-corrected chi connectivity index (χ1v) is 11.7. The van der Waals surface area contributed by atoms with Crippen molar-refractivity contribution in [3.8, 4) is 11.4 Å². The molecule has 4 aromatic rings. The zero-order chi connectivity index (χ0) is 20.2. The summed E-state index contributed by atoms with van der Waals surface area (Å²) in [6.07, 6.45) is 5.66. The average molecular weight is 414 g/mol. The highest BCUT2D eigenvalue weighted by molar-refractivity contribution is 7.98. The minimum Gasteiger partial charge on any atom is -0.290 e. The summed E-state index contributed by atoms with van der Waals surface area (Å²) in [5.41, 5.74) is 7.76. The van der Waals surface area contributed by atoms with Gasteiger partial charge in [0.2, 0.25) is 0 Å². The zero-order valence-electron chi connectivity index (χ0n) is 16.9. The molecule has 0 saturated heterocycles. The summed E-state index contributed by atoms with van der Waals surface area (Å²) in [4.78, 5) is 9.94. The molecule has 4 rings (SSSR count). The molecule has 0 aliphatic carbocycles. The molecular formula is C20H23N5OS2. The number of aryl methyl sites for hydroxylation is 2. The van der Waals surface area contributed by atoms with Gasteiger partial charge in [-0.25, -0.2) is 14.5 Å². The Bertz CT molecular complexity index is 1260. The van der Waals surface area contributed by atoms with Gasteiger partial charge in [0.25, 0.3) is 0 Å². The molecule has 0 fully saturated rings. The third-order valence-corrected chi connectivity index (χ3v) is 7.46. The van der Waals surface area contributed by atoms with Crippen LogP contribution in [0, 0.1) is 27.7 Å². The van der Waals surface area contributed by atoms with Crippen LogP contribution in [0.15, 0.2) is 28.5 Å². The van der Waals surface area contributed by atoms with Gasteiger partial charge < -0.3 is 0 Å². The Balaban J connectivity index is 2.08. The number of pyridine rings is 1. The van der Waals surface area contributed by atoms with Crippen molar-refractivity contribution in [1.29, 1.82) is 0 Å². The third kappa shape index (κ3) is 2.78. The summed E-state index contributed by atoms with van der Waals surface area (Å²) in [7, 11) is -1.16. The fourth-order valence-corrected chi connectivity index (χ4v) is 4.97. The lowest BCUT2D eigenvalue weighted by Crippen LogP contribution is -2.03. The van der Waals surface area contributed by atoms with E-state index in [1.807, 2.05) is 34.4 Å². The zero-order valence-corrected chi connectivity index (χ0v) is 18.5. The second-order valence-electron chi connectivity index (χ2n) is 6.86. The molecule has 0 N–H and O–H groups in total. The van der Waals surface area contributed by atoms with E-state index in [-0.39, 0.29) is 0 Å². The van der Waals surface area contributed by atoms with E-state index in [0.29, 0.717) is 11.4 Å². The monoisotopic (exact) mass is 413 g/mol. The van der Waals surface area contributed by atoms with Crippen molar-refractivity contribution in [3.63, 3.8) is 0 Å². The highest BCUT2D eigenvalue weighted by Crippen LogP contribution is 2.34. The van der Waals surface area contributed by atoms with E-state index in [4.69, 9.17) is 10.1 Å². The fraction of sp³-hybridized carbons (Fsp3) is 0.350. The van der Waals surface area contributed by atoms with Crippen molar-refractivity contribution >= 4 is 33.7 Å². The van der Waals surface area contributed by atoms with Crippen molar-refractivity contribution in [3.05, 3.63) is 41.0 Å².